The maximum atomic E-state index is 5.67. The minimum atomic E-state index is 0.690. The fourth-order valence-electron chi connectivity index (χ4n) is 2.27. The molecule has 2 aromatic rings. The van der Waals surface area contributed by atoms with Gasteiger partial charge in [-0.15, -0.1) is 0 Å². The molecule has 3 nitrogen and oxygen atoms in total. The Labute approximate surface area is 107 Å². The topological polar surface area (TPSA) is 21.7 Å². The summed E-state index contributed by atoms with van der Waals surface area (Å²) in [5, 5.41) is 0. The minimum absolute atomic E-state index is 0.690. The summed E-state index contributed by atoms with van der Waals surface area (Å²) in [4.78, 5) is 2.23. The van der Waals surface area contributed by atoms with Gasteiger partial charge < -0.3 is 14.4 Å². The molecule has 0 aliphatic carbocycles. The summed E-state index contributed by atoms with van der Waals surface area (Å²) >= 11 is 0. The van der Waals surface area contributed by atoms with Crippen LogP contribution in [0.2, 0.25) is 0 Å². The fraction of sp³-hybridized carbons (Fsp3) is 0.200. The molecular weight excluding hydrogens is 226 g/mol. The maximum Gasteiger partial charge on any atom is 0.143 e. The first-order chi connectivity index (χ1) is 8.90. The van der Waals surface area contributed by atoms with E-state index in [9.17, 15) is 0 Å². The van der Waals surface area contributed by atoms with E-state index in [1.165, 1.54) is 0 Å². The van der Waals surface area contributed by atoms with Crippen LogP contribution in [0.15, 0.2) is 48.5 Å². The molecule has 0 spiro atoms. The average Bonchev–Trinajstić information content (AvgIpc) is 2.46. The molecule has 3 rings (SSSR count). The van der Waals surface area contributed by atoms with Crippen molar-refractivity contribution in [2.45, 2.75) is 0 Å². The van der Waals surface area contributed by atoms with Gasteiger partial charge in [0.25, 0.3) is 0 Å². The zero-order valence-electron chi connectivity index (χ0n) is 10.3. The van der Waals surface area contributed by atoms with Crippen molar-refractivity contribution in [2.24, 2.45) is 0 Å². The van der Waals surface area contributed by atoms with Crippen molar-refractivity contribution >= 4 is 11.4 Å². The van der Waals surface area contributed by atoms with Crippen molar-refractivity contribution in [3.05, 3.63) is 48.5 Å². The molecule has 1 aliphatic heterocycles. The third-order valence-electron chi connectivity index (χ3n) is 3.10. The molecule has 3 heteroatoms. The first-order valence-corrected chi connectivity index (χ1v) is 6.02. The highest BCUT2D eigenvalue weighted by molar-refractivity contribution is 5.74. The van der Waals surface area contributed by atoms with E-state index in [0.717, 1.165) is 29.4 Å². The van der Waals surface area contributed by atoms with Crippen LogP contribution in [-0.2, 0) is 0 Å². The summed E-state index contributed by atoms with van der Waals surface area (Å²) in [6.45, 7) is 1.52. The fourth-order valence-corrected chi connectivity index (χ4v) is 2.27. The lowest BCUT2D eigenvalue weighted by atomic mass is 10.2. The highest BCUT2D eigenvalue weighted by Gasteiger charge is 2.20. The van der Waals surface area contributed by atoms with Crippen LogP contribution in [0.1, 0.15) is 0 Å². The standard InChI is InChI=1S/C15H15NO2/c1-17-14-8-4-2-6-12(14)16-10-11-18-15-9-5-3-7-13(15)16/h2-9H,10-11H2,1H3. The van der Waals surface area contributed by atoms with Gasteiger partial charge in [0.05, 0.1) is 25.0 Å². The van der Waals surface area contributed by atoms with Crippen molar-refractivity contribution in [3.63, 3.8) is 0 Å². The molecule has 0 fully saturated rings. The first kappa shape index (κ1) is 11.0. The Morgan fingerprint density at radius 2 is 1.72 bits per heavy atom. The number of rotatable bonds is 2. The average molecular weight is 241 g/mol. The molecule has 0 radical (unpaired) electrons. The van der Waals surface area contributed by atoms with Crippen molar-refractivity contribution in [3.8, 4) is 11.5 Å². The number of hydrogen-bond acceptors (Lipinski definition) is 3. The molecule has 18 heavy (non-hydrogen) atoms. The number of ether oxygens (including phenoxy) is 2. The molecule has 0 saturated heterocycles. The van der Waals surface area contributed by atoms with E-state index in [0.29, 0.717) is 6.61 Å². The van der Waals surface area contributed by atoms with E-state index >= 15 is 0 Å². The van der Waals surface area contributed by atoms with E-state index in [4.69, 9.17) is 9.47 Å². The van der Waals surface area contributed by atoms with Crippen molar-refractivity contribution in [1.82, 2.24) is 0 Å². The van der Waals surface area contributed by atoms with E-state index in [-0.39, 0.29) is 0 Å². The minimum Gasteiger partial charge on any atom is -0.495 e. The van der Waals surface area contributed by atoms with E-state index in [1.807, 2.05) is 36.4 Å². The Bertz CT molecular complexity index is 554. The van der Waals surface area contributed by atoms with Gasteiger partial charge in [0.15, 0.2) is 0 Å². The molecule has 0 N–H and O–H groups in total. The third kappa shape index (κ3) is 1.78. The monoisotopic (exact) mass is 241 g/mol. The smallest absolute Gasteiger partial charge is 0.143 e. The first-order valence-electron chi connectivity index (χ1n) is 6.02. The van der Waals surface area contributed by atoms with Gasteiger partial charge in [-0.25, -0.2) is 0 Å². The predicted octanol–water partition coefficient (Wildman–Crippen LogP) is 3.23. The highest BCUT2D eigenvalue weighted by Crippen LogP contribution is 2.39. The number of fused-ring (bicyclic) bond motifs is 1. The van der Waals surface area contributed by atoms with E-state index in [1.54, 1.807) is 7.11 Å². The van der Waals surface area contributed by atoms with Crippen LogP contribution < -0.4 is 14.4 Å². The van der Waals surface area contributed by atoms with E-state index in [2.05, 4.69) is 17.0 Å². The Kier molecular flexibility index (Phi) is 2.81. The summed E-state index contributed by atoms with van der Waals surface area (Å²) in [7, 11) is 1.70. The second-order valence-electron chi connectivity index (χ2n) is 4.14. The lowest BCUT2D eigenvalue weighted by Gasteiger charge is -2.32. The normalized spacial score (nSPS) is 13.7. The Morgan fingerprint density at radius 1 is 1.00 bits per heavy atom. The molecule has 0 bridgehead atoms. The molecule has 0 unspecified atom stereocenters. The van der Waals surface area contributed by atoms with Gasteiger partial charge in [0.1, 0.15) is 18.1 Å². The number of hydrogen-bond donors (Lipinski definition) is 0. The van der Waals surface area contributed by atoms with Gasteiger partial charge in [-0.05, 0) is 24.3 Å². The molecule has 0 atom stereocenters. The van der Waals surface area contributed by atoms with Gasteiger partial charge in [-0.2, -0.15) is 0 Å². The van der Waals surface area contributed by atoms with Crippen LogP contribution in [0.5, 0.6) is 11.5 Å². The van der Waals surface area contributed by atoms with Crippen molar-refractivity contribution in [1.29, 1.82) is 0 Å². The summed E-state index contributed by atoms with van der Waals surface area (Å²) in [6, 6.07) is 16.1. The largest absolute Gasteiger partial charge is 0.495 e. The Morgan fingerprint density at radius 3 is 2.56 bits per heavy atom. The highest BCUT2D eigenvalue weighted by atomic mass is 16.5. The van der Waals surface area contributed by atoms with Crippen LogP contribution in [0.4, 0.5) is 11.4 Å². The zero-order valence-corrected chi connectivity index (χ0v) is 10.3. The van der Waals surface area contributed by atoms with Crippen LogP contribution in [0.25, 0.3) is 0 Å². The number of para-hydroxylation sites is 4. The number of anilines is 2. The zero-order chi connectivity index (χ0) is 12.4. The summed E-state index contributed by atoms with van der Waals surface area (Å²) < 4.78 is 11.1. The number of benzene rings is 2. The molecule has 1 aliphatic rings. The molecule has 0 saturated carbocycles. The van der Waals surface area contributed by atoms with Crippen LogP contribution in [0.3, 0.4) is 0 Å². The number of methoxy groups -OCH3 is 1. The second kappa shape index (κ2) is 4.61. The van der Waals surface area contributed by atoms with Gasteiger partial charge in [0, 0.05) is 0 Å². The van der Waals surface area contributed by atoms with E-state index < -0.39 is 0 Å². The lowest BCUT2D eigenvalue weighted by Crippen LogP contribution is -2.28. The Balaban J connectivity index is 2.08. The molecule has 0 aromatic heterocycles. The summed E-state index contributed by atoms with van der Waals surface area (Å²) in [5.41, 5.74) is 2.17. The molecule has 0 amide bonds. The van der Waals surface area contributed by atoms with Crippen LogP contribution in [-0.4, -0.2) is 20.3 Å². The SMILES string of the molecule is COc1ccccc1N1CCOc2ccccc21. The van der Waals surface area contributed by atoms with Crippen molar-refractivity contribution < 1.29 is 9.47 Å². The molecular formula is C15H15NO2. The van der Waals surface area contributed by atoms with Crippen LogP contribution in [0, 0.1) is 0 Å². The summed E-state index contributed by atoms with van der Waals surface area (Å²) in [6.07, 6.45) is 0. The second-order valence-corrected chi connectivity index (χ2v) is 4.14. The van der Waals surface area contributed by atoms with Gasteiger partial charge >= 0.3 is 0 Å². The van der Waals surface area contributed by atoms with Gasteiger partial charge in [0.2, 0.25) is 0 Å². The quantitative estimate of drug-likeness (QED) is 0.805. The van der Waals surface area contributed by atoms with Gasteiger partial charge in [-0.3, -0.25) is 0 Å². The third-order valence-corrected chi connectivity index (χ3v) is 3.10. The lowest BCUT2D eigenvalue weighted by molar-refractivity contribution is 0.313. The summed E-state index contributed by atoms with van der Waals surface area (Å²) in [5.74, 6) is 1.81. The van der Waals surface area contributed by atoms with Crippen molar-refractivity contribution in [2.75, 3.05) is 25.2 Å². The molecule has 2 aromatic carbocycles. The van der Waals surface area contributed by atoms with Gasteiger partial charge in [-0.1, -0.05) is 24.3 Å². The number of nitrogens with zero attached hydrogens (tertiary/aromatic N) is 1. The Hall–Kier alpha value is -2.16. The maximum absolute atomic E-state index is 5.67. The molecule has 92 valence electrons. The predicted molar refractivity (Wildman–Crippen MR) is 71.9 cm³/mol. The molecule has 1 heterocycles. The van der Waals surface area contributed by atoms with Crippen LogP contribution >= 0.6 is 0 Å².